The molecule has 10 heteroatoms. The predicted molar refractivity (Wildman–Crippen MR) is 194 cm³/mol. The highest BCUT2D eigenvalue weighted by molar-refractivity contribution is 7.90. The third-order valence-corrected chi connectivity index (χ3v) is 9.64. The van der Waals surface area contributed by atoms with E-state index in [2.05, 4.69) is 44.3 Å². The number of sulfonamides is 1. The standard InChI is InChI=1S/C15H14N2OS.C8H16O2.C7H16.C6H13NO2S/c1-10(2)18-15-14(13-8-5-9-19-13)16-11-6-3-4-7-12(11)17-15;1-6(2)7(9)10-8(3,4)5;1-6(2)7(3,4)5;1-5(2)7-10(8,9)6-3-4-6/h3-10H,1-2H3;6H,1-5H3;6H,1-5H3;5-7H,3-4H2,1-2H3. The second kappa shape index (κ2) is 18.1. The number of para-hydroxylation sites is 2. The Morgan fingerprint density at radius 3 is 1.74 bits per heavy atom. The second-order valence-corrected chi connectivity index (χ2v) is 17.7. The number of carbonyl (C=O) groups excluding carboxylic acids is 1. The van der Waals surface area contributed by atoms with Crippen LogP contribution in [0.25, 0.3) is 21.6 Å². The van der Waals surface area contributed by atoms with Gasteiger partial charge in [-0.05, 0) is 96.2 Å². The van der Waals surface area contributed by atoms with Gasteiger partial charge in [-0.1, -0.05) is 66.7 Å². The number of nitrogens with zero attached hydrogens (tertiary/aromatic N) is 2. The molecule has 1 fully saturated rings. The lowest BCUT2D eigenvalue weighted by Crippen LogP contribution is -2.32. The summed E-state index contributed by atoms with van der Waals surface area (Å²) in [7, 11) is -2.94. The van der Waals surface area contributed by atoms with E-state index < -0.39 is 10.0 Å². The van der Waals surface area contributed by atoms with Gasteiger partial charge in [-0.3, -0.25) is 4.79 Å². The zero-order valence-corrected chi connectivity index (χ0v) is 32.2. The zero-order valence-electron chi connectivity index (χ0n) is 30.6. The fraction of sp³-hybridized carbons (Fsp3) is 0.639. The number of benzene rings is 1. The molecular formula is C36H59N3O5S2. The summed E-state index contributed by atoms with van der Waals surface area (Å²) in [5.74, 6) is 1.25. The van der Waals surface area contributed by atoms with Crippen molar-refractivity contribution in [1.29, 1.82) is 0 Å². The lowest BCUT2D eigenvalue weighted by atomic mass is 9.84. The quantitative estimate of drug-likeness (QED) is 0.248. The minimum Gasteiger partial charge on any atom is -0.473 e. The van der Waals surface area contributed by atoms with Crippen molar-refractivity contribution in [3.05, 3.63) is 41.8 Å². The summed E-state index contributed by atoms with van der Waals surface area (Å²) in [4.78, 5) is 21.3. The summed E-state index contributed by atoms with van der Waals surface area (Å²) in [5.41, 5.74) is 2.73. The highest BCUT2D eigenvalue weighted by Crippen LogP contribution is 2.32. The van der Waals surface area contributed by atoms with Crippen LogP contribution in [-0.4, -0.2) is 47.4 Å². The van der Waals surface area contributed by atoms with Crippen LogP contribution < -0.4 is 9.46 Å². The molecule has 0 saturated heterocycles. The SMILES string of the molecule is CC(C)C(=O)OC(C)(C)C.CC(C)C(C)(C)C.CC(C)NS(=O)(=O)C1CC1.CC(C)Oc1nc2ccccc2nc1-c1cccs1. The van der Waals surface area contributed by atoms with Crippen molar-refractivity contribution in [3.63, 3.8) is 0 Å². The van der Waals surface area contributed by atoms with Crippen LogP contribution in [-0.2, 0) is 19.6 Å². The minimum atomic E-state index is -2.94. The van der Waals surface area contributed by atoms with Gasteiger partial charge < -0.3 is 9.47 Å². The molecule has 260 valence electrons. The third kappa shape index (κ3) is 16.3. The van der Waals surface area contributed by atoms with Crippen LogP contribution in [0.15, 0.2) is 41.8 Å². The summed E-state index contributed by atoms with van der Waals surface area (Å²) >= 11 is 1.64. The molecule has 2 aromatic heterocycles. The summed E-state index contributed by atoms with van der Waals surface area (Å²) < 4.78 is 35.6. The van der Waals surface area contributed by atoms with Gasteiger partial charge in [0.25, 0.3) is 0 Å². The van der Waals surface area contributed by atoms with Crippen LogP contribution in [0.3, 0.4) is 0 Å². The van der Waals surface area contributed by atoms with Gasteiger partial charge in [0.1, 0.15) is 11.3 Å². The molecule has 0 aliphatic heterocycles. The maximum atomic E-state index is 11.1. The van der Waals surface area contributed by atoms with Crippen LogP contribution in [0.5, 0.6) is 5.88 Å². The Morgan fingerprint density at radius 1 is 0.870 bits per heavy atom. The van der Waals surface area contributed by atoms with Gasteiger partial charge >= 0.3 is 5.97 Å². The zero-order chi connectivity index (χ0) is 35.5. The molecule has 1 aromatic carbocycles. The monoisotopic (exact) mass is 677 g/mol. The smallest absolute Gasteiger partial charge is 0.308 e. The Labute approximate surface area is 283 Å². The first-order valence-electron chi connectivity index (χ1n) is 16.2. The number of thiophene rings is 1. The molecule has 1 aliphatic carbocycles. The van der Waals surface area contributed by atoms with E-state index in [0.717, 1.165) is 40.4 Å². The Bertz CT molecular complexity index is 1430. The Morgan fingerprint density at radius 2 is 1.39 bits per heavy atom. The molecule has 1 N–H and O–H groups in total. The van der Waals surface area contributed by atoms with Crippen molar-refractivity contribution in [1.82, 2.24) is 14.7 Å². The third-order valence-electron chi connectivity index (χ3n) is 6.61. The Hall–Kier alpha value is -2.56. The lowest BCUT2D eigenvalue weighted by molar-refractivity contribution is -0.158. The van der Waals surface area contributed by atoms with Crippen LogP contribution in [0.2, 0.25) is 0 Å². The van der Waals surface area contributed by atoms with E-state index in [4.69, 9.17) is 14.5 Å². The van der Waals surface area contributed by atoms with Gasteiger partial charge in [0.15, 0.2) is 0 Å². The molecule has 0 unspecified atom stereocenters. The van der Waals surface area contributed by atoms with Gasteiger partial charge in [0.2, 0.25) is 15.9 Å². The molecule has 0 bridgehead atoms. The average Bonchev–Trinajstić information content (AvgIpc) is 3.63. The second-order valence-electron chi connectivity index (χ2n) is 14.7. The van der Waals surface area contributed by atoms with Crippen LogP contribution in [0, 0.1) is 17.3 Å². The van der Waals surface area contributed by atoms with Gasteiger partial charge in [-0.15, -0.1) is 11.3 Å². The van der Waals surface area contributed by atoms with Crippen LogP contribution in [0.4, 0.5) is 0 Å². The first-order chi connectivity index (χ1) is 21.0. The van der Waals surface area contributed by atoms with Crippen molar-refractivity contribution in [2.75, 3.05) is 0 Å². The minimum absolute atomic E-state index is 0.0285. The van der Waals surface area contributed by atoms with Gasteiger partial charge in [-0.25, -0.2) is 23.1 Å². The van der Waals surface area contributed by atoms with E-state index in [0.29, 0.717) is 11.3 Å². The summed E-state index contributed by atoms with van der Waals surface area (Å²) in [6.45, 7) is 28.2. The first-order valence-corrected chi connectivity index (χ1v) is 18.7. The fourth-order valence-corrected chi connectivity index (χ4v) is 5.40. The summed E-state index contributed by atoms with van der Waals surface area (Å²) in [5, 5.41) is 1.95. The van der Waals surface area contributed by atoms with Crippen molar-refractivity contribution in [2.45, 2.75) is 133 Å². The van der Waals surface area contributed by atoms with E-state index in [-0.39, 0.29) is 34.9 Å². The average molecular weight is 678 g/mol. The molecule has 1 saturated carbocycles. The number of hydrogen-bond donors (Lipinski definition) is 1. The molecule has 0 spiro atoms. The van der Waals surface area contributed by atoms with Crippen molar-refractivity contribution >= 4 is 38.4 Å². The number of esters is 1. The lowest BCUT2D eigenvalue weighted by Gasteiger charge is -2.22. The van der Waals surface area contributed by atoms with Crippen LogP contribution >= 0.6 is 11.3 Å². The number of nitrogens with one attached hydrogen (secondary N) is 1. The van der Waals surface area contributed by atoms with E-state index >= 15 is 0 Å². The summed E-state index contributed by atoms with van der Waals surface area (Å²) in [6.07, 6.45) is 1.75. The molecule has 1 aliphatic rings. The number of fused-ring (bicyclic) bond motifs is 1. The summed E-state index contributed by atoms with van der Waals surface area (Å²) in [6, 6.07) is 11.9. The molecule has 46 heavy (non-hydrogen) atoms. The molecule has 4 rings (SSSR count). The fourth-order valence-electron chi connectivity index (χ4n) is 3.09. The van der Waals surface area contributed by atoms with Crippen molar-refractivity contribution < 1.29 is 22.7 Å². The maximum absolute atomic E-state index is 11.1. The Kier molecular flexibility index (Phi) is 16.3. The van der Waals surface area contributed by atoms with Gasteiger partial charge in [-0.2, -0.15) is 0 Å². The van der Waals surface area contributed by atoms with E-state index in [1.807, 2.05) is 104 Å². The highest BCUT2D eigenvalue weighted by atomic mass is 32.2. The first kappa shape index (κ1) is 41.5. The molecule has 0 radical (unpaired) electrons. The van der Waals surface area contributed by atoms with E-state index in [9.17, 15) is 13.2 Å². The number of hydrogen-bond acceptors (Lipinski definition) is 8. The number of carbonyl (C=O) groups is 1. The number of ether oxygens (including phenoxy) is 2. The molecule has 2 heterocycles. The van der Waals surface area contributed by atoms with Crippen molar-refractivity contribution in [3.8, 4) is 16.5 Å². The topological polar surface area (TPSA) is 107 Å². The predicted octanol–water partition coefficient (Wildman–Crippen LogP) is 9.29. The van der Waals surface area contributed by atoms with E-state index in [1.54, 1.807) is 11.3 Å². The van der Waals surface area contributed by atoms with Crippen LogP contribution in [0.1, 0.15) is 110 Å². The molecule has 8 nitrogen and oxygen atoms in total. The molecule has 0 amide bonds. The molecule has 0 atom stereocenters. The molecule has 3 aromatic rings. The van der Waals surface area contributed by atoms with Gasteiger partial charge in [0.05, 0.1) is 33.2 Å². The maximum Gasteiger partial charge on any atom is 0.308 e. The van der Waals surface area contributed by atoms with Crippen molar-refractivity contribution in [2.24, 2.45) is 17.3 Å². The largest absolute Gasteiger partial charge is 0.473 e. The van der Waals surface area contributed by atoms with E-state index in [1.165, 1.54) is 0 Å². The number of rotatable bonds is 7. The highest BCUT2D eigenvalue weighted by Gasteiger charge is 2.35. The van der Waals surface area contributed by atoms with Gasteiger partial charge in [0, 0.05) is 6.04 Å². The normalized spacial score (nSPS) is 13.4. The number of aromatic nitrogens is 2. The Balaban J connectivity index is 0.000000336. The molecular weight excluding hydrogens is 619 g/mol.